The third kappa shape index (κ3) is 4.15. The summed E-state index contributed by atoms with van der Waals surface area (Å²) in [5.41, 5.74) is 2.17. The van der Waals surface area contributed by atoms with Crippen molar-refractivity contribution in [2.75, 3.05) is 11.9 Å². The molecule has 0 saturated heterocycles. The SMILES string of the molecule is O=C(Nc1cccc(CCCO)c1)c1cccc(Br)n1. The molecule has 0 aliphatic heterocycles. The summed E-state index contributed by atoms with van der Waals surface area (Å²) in [4.78, 5) is 16.2. The molecule has 1 aromatic heterocycles. The minimum Gasteiger partial charge on any atom is -0.396 e. The molecule has 0 radical (unpaired) electrons. The maximum atomic E-state index is 12.1. The topological polar surface area (TPSA) is 62.2 Å². The number of halogens is 1. The average molecular weight is 335 g/mol. The van der Waals surface area contributed by atoms with Gasteiger partial charge >= 0.3 is 0 Å². The Morgan fingerprint density at radius 2 is 2.05 bits per heavy atom. The summed E-state index contributed by atoms with van der Waals surface area (Å²) in [7, 11) is 0. The van der Waals surface area contributed by atoms with Gasteiger partial charge in [-0.15, -0.1) is 0 Å². The molecule has 0 atom stereocenters. The number of amides is 1. The van der Waals surface area contributed by atoms with E-state index in [0.717, 1.165) is 17.7 Å². The van der Waals surface area contributed by atoms with Crippen molar-refractivity contribution >= 4 is 27.5 Å². The van der Waals surface area contributed by atoms with Crippen LogP contribution in [0.2, 0.25) is 0 Å². The van der Waals surface area contributed by atoms with Gasteiger partial charge in [0.05, 0.1) is 0 Å². The number of nitrogens with zero attached hydrogens (tertiary/aromatic N) is 1. The predicted octanol–water partition coefficient (Wildman–Crippen LogP) is 3.02. The second-order valence-corrected chi connectivity index (χ2v) is 5.14. The van der Waals surface area contributed by atoms with Crippen LogP contribution < -0.4 is 5.32 Å². The van der Waals surface area contributed by atoms with Gasteiger partial charge in [0, 0.05) is 12.3 Å². The standard InChI is InChI=1S/C15H15BrN2O2/c16-14-8-2-7-13(18-14)15(20)17-12-6-1-4-11(10-12)5-3-9-19/h1-2,4,6-8,10,19H,3,5,9H2,(H,17,20). The number of carbonyl (C=O) groups excluding carboxylic acids is 1. The predicted molar refractivity (Wildman–Crippen MR) is 81.7 cm³/mol. The maximum Gasteiger partial charge on any atom is 0.274 e. The second-order valence-electron chi connectivity index (χ2n) is 4.33. The molecule has 1 aromatic carbocycles. The van der Waals surface area contributed by atoms with E-state index in [1.165, 1.54) is 0 Å². The molecule has 1 heterocycles. The number of benzene rings is 1. The van der Waals surface area contributed by atoms with Gasteiger partial charge in [-0.25, -0.2) is 4.98 Å². The normalized spacial score (nSPS) is 10.3. The minimum atomic E-state index is -0.245. The zero-order valence-electron chi connectivity index (χ0n) is 10.8. The Kier molecular flexibility index (Phi) is 5.26. The van der Waals surface area contributed by atoms with Crippen LogP contribution in [-0.4, -0.2) is 22.6 Å². The number of nitrogens with one attached hydrogen (secondary N) is 1. The first-order chi connectivity index (χ1) is 9.69. The highest BCUT2D eigenvalue weighted by atomic mass is 79.9. The zero-order chi connectivity index (χ0) is 14.4. The van der Waals surface area contributed by atoms with Crippen molar-refractivity contribution in [1.29, 1.82) is 0 Å². The molecule has 0 aliphatic rings. The molecule has 0 spiro atoms. The molecule has 1 amide bonds. The number of hydrogen-bond donors (Lipinski definition) is 2. The molecule has 0 aliphatic carbocycles. The highest BCUT2D eigenvalue weighted by Crippen LogP contribution is 2.14. The lowest BCUT2D eigenvalue weighted by atomic mass is 10.1. The largest absolute Gasteiger partial charge is 0.396 e. The smallest absolute Gasteiger partial charge is 0.274 e. The Hall–Kier alpha value is -1.72. The van der Waals surface area contributed by atoms with E-state index in [4.69, 9.17) is 5.11 Å². The molecule has 5 heteroatoms. The number of pyridine rings is 1. The Bertz CT molecular complexity index is 602. The molecular formula is C15H15BrN2O2. The molecule has 2 rings (SSSR count). The Labute approximate surface area is 126 Å². The molecule has 0 fully saturated rings. The van der Waals surface area contributed by atoms with Gasteiger partial charge in [0.1, 0.15) is 10.3 Å². The lowest BCUT2D eigenvalue weighted by Gasteiger charge is -2.07. The van der Waals surface area contributed by atoms with E-state index in [1.807, 2.05) is 24.3 Å². The van der Waals surface area contributed by atoms with E-state index >= 15 is 0 Å². The van der Waals surface area contributed by atoms with Gasteiger partial charge in [-0.05, 0) is 58.6 Å². The molecule has 2 N–H and O–H groups in total. The average Bonchev–Trinajstić information content (AvgIpc) is 2.45. The molecule has 0 saturated carbocycles. The van der Waals surface area contributed by atoms with Crippen molar-refractivity contribution in [1.82, 2.24) is 4.98 Å². The fourth-order valence-corrected chi connectivity index (χ4v) is 2.16. The van der Waals surface area contributed by atoms with Crippen LogP contribution in [0.15, 0.2) is 47.1 Å². The lowest BCUT2D eigenvalue weighted by molar-refractivity contribution is 0.102. The fraction of sp³-hybridized carbons (Fsp3) is 0.200. The molecule has 20 heavy (non-hydrogen) atoms. The van der Waals surface area contributed by atoms with Gasteiger partial charge in [-0.1, -0.05) is 18.2 Å². The monoisotopic (exact) mass is 334 g/mol. The summed E-state index contributed by atoms with van der Waals surface area (Å²) >= 11 is 3.24. The van der Waals surface area contributed by atoms with Gasteiger partial charge in [0.15, 0.2) is 0 Å². The second kappa shape index (κ2) is 7.17. The van der Waals surface area contributed by atoms with Crippen LogP contribution >= 0.6 is 15.9 Å². The fourth-order valence-electron chi connectivity index (χ4n) is 1.82. The van der Waals surface area contributed by atoms with E-state index in [-0.39, 0.29) is 12.5 Å². The number of hydrogen-bond acceptors (Lipinski definition) is 3. The first-order valence-electron chi connectivity index (χ1n) is 6.33. The van der Waals surface area contributed by atoms with E-state index < -0.39 is 0 Å². The lowest BCUT2D eigenvalue weighted by Crippen LogP contribution is -2.13. The Morgan fingerprint density at radius 3 is 2.80 bits per heavy atom. The van der Waals surface area contributed by atoms with Gasteiger partial charge in [0.25, 0.3) is 5.91 Å². The molecule has 0 unspecified atom stereocenters. The quantitative estimate of drug-likeness (QED) is 0.826. The van der Waals surface area contributed by atoms with Crippen molar-refractivity contribution in [3.63, 3.8) is 0 Å². The highest BCUT2D eigenvalue weighted by molar-refractivity contribution is 9.10. The van der Waals surface area contributed by atoms with E-state index in [9.17, 15) is 4.79 Å². The van der Waals surface area contributed by atoms with Gasteiger partial charge in [-0.3, -0.25) is 4.79 Å². The van der Waals surface area contributed by atoms with Crippen molar-refractivity contribution in [2.24, 2.45) is 0 Å². The summed E-state index contributed by atoms with van der Waals surface area (Å²) in [6, 6.07) is 12.8. The number of carbonyl (C=O) groups is 1. The molecule has 4 nitrogen and oxygen atoms in total. The van der Waals surface area contributed by atoms with Gasteiger partial charge in [0.2, 0.25) is 0 Å². The summed E-state index contributed by atoms with van der Waals surface area (Å²) in [6.07, 6.45) is 1.50. The number of aryl methyl sites for hydroxylation is 1. The Balaban J connectivity index is 2.07. The van der Waals surface area contributed by atoms with E-state index in [1.54, 1.807) is 18.2 Å². The number of aromatic nitrogens is 1. The van der Waals surface area contributed by atoms with Gasteiger partial charge in [-0.2, -0.15) is 0 Å². The first-order valence-corrected chi connectivity index (χ1v) is 7.12. The number of anilines is 1. The van der Waals surface area contributed by atoms with Crippen molar-refractivity contribution in [3.05, 3.63) is 58.3 Å². The van der Waals surface area contributed by atoms with Crippen LogP contribution in [0, 0.1) is 0 Å². The van der Waals surface area contributed by atoms with Crippen LogP contribution in [0.1, 0.15) is 22.5 Å². The number of aliphatic hydroxyl groups excluding tert-OH is 1. The van der Waals surface area contributed by atoms with Crippen LogP contribution in [0.3, 0.4) is 0 Å². The molecule has 104 valence electrons. The van der Waals surface area contributed by atoms with Crippen molar-refractivity contribution < 1.29 is 9.90 Å². The van der Waals surface area contributed by atoms with Crippen LogP contribution in [-0.2, 0) is 6.42 Å². The minimum absolute atomic E-state index is 0.165. The van der Waals surface area contributed by atoms with Crippen molar-refractivity contribution in [2.45, 2.75) is 12.8 Å². The summed E-state index contributed by atoms with van der Waals surface area (Å²) in [5, 5.41) is 11.7. The maximum absolute atomic E-state index is 12.1. The van der Waals surface area contributed by atoms with Crippen LogP contribution in [0.5, 0.6) is 0 Å². The molecule has 2 aromatic rings. The molecule has 0 bridgehead atoms. The van der Waals surface area contributed by atoms with Crippen LogP contribution in [0.4, 0.5) is 5.69 Å². The Morgan fingerprint density at radius 1 is 1.25 bits per heavy atom. The number of rotatable bonds is 5. The third-order valence-corrected chi connectivity index (χ3v) is 3.20. The summed E-state index contributed by atoms with van der Waals surface area (Å²) in [6.45, 7) is 0.165. The van der Waals surface area contributed by atoms with Crippen LogP contribution in [0.25, 0.3) is 0 Å². The zero-order valence-corrected chi connectivity index (χ0v) is 12.4. The number of aliphatic hydroxyl groups is 1. The van der Waals surface area contributed by atoms with Gasteiger partial charge < -0.3 is 10.4 Å². The third-order valence-electron chi connectivity index (χ3n) is 2.76. The first kappa shape index (κ1) is 14.7. The van der Waals surface area contributed by atoms with E-state index in [2.05, 4.69) is 26.2 Å². The molecular weight excluding hydrogens is 320 g/mol. The highest BCUT2D eigenvalue weighted by Gasteiger charge is 2.08. The summed E-state index contributed by atoms with van der Waals surface area (Å²) in [5.74, 6) is -0.245. The van der Waals surface area contributed by atoms with Crippen molar-refractivity contribution in [3.8, 4) is 0 Å². The van der Waals surface area contributed by atoms with E-state index in [0.29, 0.717) is 16.7 Å². The summed E-state index contributed by atoms with van der Waals surface area (Å²) < 4.78 is 0.627.